The van der Waals surface area contributed by atoms with Gasteiger partial charge >= 0.3 is 0 Å². The van der Waals surface area contributed by atoms with E-state index in [9.17, 15) is 14.3 Å². The molecule has 0 radical (unpaired) electrons. The minimum Gasteiger partial charge on any atom is -0.506 e. The van der Waals surface area contributed by atoms with Crippen LogP contribution in [-0.2, 0) is 0 Å². The van der Waals surface area contributed by atoms with Crippen molar-refractivity contribution < 1.29 is 14.3 Å². The van der Waals surface area contributed by atoms with Crippen molar-refractivity contribution in [1.82, 2.24) is 0 Å². The van der Waals surface area contributed by atoms with Crippen molar-refractivity contribution in [2.24, 2.45) is 0 Å². The van der Waals surface area contributed by atoms with Crippen LogP contribution in [0, 0.1) is 5.82 Å². The summed E-state index contributed by atoms with van der Waals surface area (Å²) in [6.07, 6.45) is 0. The van der Waals surface area contributed by atoms with Crippen LogP contribution in [0.5, 0.6) is 5.75 Å². The smallest absolute Gasteiger partial charge is 0.255 e. The summed E-state index contributed by atoms with van der Waals surface area (Å²) in [5, 5.41) is 11.8. The average molecular weight is 281 g/mol. The molecule has 0 aliphatic rings. The normalized spacial score (nSPS) is 10.2. The van der Waals surface area contributed by atoms with Crippen molar-refractivity contribution in [1.29, 1.82) is 0 Å². The van der Waals surface area contributed by atoms with Crippen LogP contribution in [0.4, 0.5) is 15.8 Å². The molecule has 0 heterocycles. The molecule has 2 aromatic rings. The van der Waals surface area contributed by atoms with Crippen molar-refractivity contribution in [2.75, 3.05) is 11.1 Å². The molecule has 4 nitrogen and oxygen atoms in total. The molecule has 0 aliphatic carbocycles. The molecule has 98 valence electrons. The Labute approximate surface area is 113 Å². The zero-order valence-corrected chi connectivity index (χ0v) is 10.4. The second kappa shape index (κ2) is 5.16. The second-order valence-corrected chi connectivity index (χ2v) is 4.26. The summed E-state index contributed by atoms with van der Waals surface area (Å²) in [5.74, 6) is -1.19. The van der Waals surface area contributed by atoms with Crippen molar-refractivity contribution in [3.05, 3.63) is 52.8 Å². The summed E-state index contributed by atoms with van der Waals surface area (Å²) >= 11 is 5.70. The number of hydrogen-bond donors (Lipinski definition) is 3. The van der Waals surface area contributed by atoms with Crippen molar-refractivity contribution in [2.45, 2.75) is 0 Å². The first-order valence-electron chi connectivity index (χ1n) is 5.32. The van der Waals surface area contributed by atoms with Gasteiger partial charge < -0.3 is 16.2 Å². The van der Waals surface area contributed by atoms with Gasteiger partial charge in [-0.05, 0) is 36.4 Å². The molecule has 2 aromatic carbocycles. The number of nitrogen functional groups attached to an aromatic ring is 1. The van der Waals surface area contributed by atoms with Crippen LogP contribution in [0.2, 0.25) is 5.02 Å². The van der Waals surface area contributed by atoms with Crippen LogP contribution in [-0.4, -0.2) is 11.0 Å². The highest BCUT2D eigenvalue weighted by molar-refractivity contribution is 6.32. The Morgan fingerprint density at radius 1 is 1.26 bits per heavy atom. The molecule has 0 atom stereocenters. The van der Waals surface area contributed by atoms with E-state index in [-0.39, 0.29) is 27.7 Å². The fourth-order valence-corrected chi connectivity index (χ4v) is 1.64. The summed E-state index contributed by atoms with van der Waals surface area (Å²) in [6.45, 7) is 0. The lowest BCUT2D eigenvalue weighted by molar-refractivity contribution is 0.102. The molecule has 0 saturated heterocycles. The standard InChI is InChI=1S/C13H10ClFN2O2/c14-9-5-7(1-4-12(9)18)13(19)17-8-2-3-11(16)10(15)6-8/h1-6,18H,16H2,(H,17,19). The van der Waals surface area contributed by atoms with Crippen LogP contribution in [0.3, 0.4) is 0 Å². The number of phenolic OH excluding ortho intramolecular Hbond substituents is 1. The summed E-state index contributed by atoms with van der Waals surface area (Å²) in [5.41, 5.74) is 5.87. The number of aromatic hydroxyl groups is 1. The maximum absolute atomic E-state index is 13.2. The number of phenols is 1. The molecule has 4 N–H and O–H groups in total. The Morgan fingerprint density at radius 2 is 2.00 bits per heavy atom. The third-order valence-electron chi connectivity index (χ3n) is 2.47. The van der Waals surface area contributed by atoms with E-state index in [1.165, 1.54) is 30.3 Å². The Kier molecular flexibility index (Phi) is 3.57. The highest BCUT2D eigenvalue weighted by Gasteiger charge is 2.09. The number of nitrogens with two attached hydrogens (primary N) is 1. The Balaban J connectivity index is 2.20. The van der Waals surface area contributed by atoms with Gasteiger partial charge in [0.25, 0.3) is 5.91 Å². The van der Waals surface area contributed by atoms with Gasteiger partial charge in [0.2, 0.25) is 0 Å². The van der Waals surface area contributed by atoms with Crippen LogP contribution in [0.15, 0.2) is 36.4 Å². The third kappa shape index (κ3) is 2.95. The number of anilines is 2. The van der Waals surface area contributed by atoms with Crippen LogP contribution < -0.4 is 11.1 Å². The topological polar surface area (TPSA) is 75.3 Å². The van der Waals surface area contributed by atoms with Gasteiger partial charge in [-0.2, -0.15) is 0 Å². The van der Waals surface area contributed by atoms with E-state index in [4.69, 9.17) is 17.3 Å². The van der Waals surface area contributed by atoms with Crippen LogP contribution in [0.25, 0.3) is 0 Å². The third-order valence-corrected chi connectivity index (χ3v) is 2.77. The average Bonchev–Trinajstić information content (AvgIpc) is 2.37. The van der Waals surface area contributed by atoms with E-state index < -0.39 is 11.7 Å². The molecule has 0 spiro atoms. The summed E-state index contributed by atoms with van der Waals surface area (Å²) in [6, 6.07) is 7.99. The molecule has 19 heavy (non-hydrogen) atoms. The minimum absolute atomic E-state index is 0.00526. The second-order valence-electron chi connectivity index (χ2n) is 3.86. The number of hydrogen-bond acceptors (Lipinski definition) is 3. The van der Waals surface area contributed by atoms with Crippen LogP contribution in [0.1, 0.15) is 10.4 Å². The number of carbonyl (C=O) groups excluding carboxylic acids is 1. The van der Waals surface area contributed by atoms with E-state index in [0.29, 0.717) is 0 Å². The molecule has 0 unspecified atom stereocenters. The molecule has 6 heteroatoms. The van der Waals surface area contributed by atoms with E-state index >= 15 is 0 Å². The largest absolute Gasteiger partial charge is 0.506 e. The fourth-order valence-electron chi connectivity index (χ4n) is 1.46. The number of rotatable bonds is 2. The number of nitrogens with one attached hydrogen (secondary N) is 1. The molecular weight excluding hydrogens is 271 g/mol. The van der Waals surface area contributed by atoms with Gasteiger partial charge in [-0.25, -0.2) is 4.39 Å². The van der Waals surface area contributed by atoms with Crippen molar-refractivity contribution in [3.63, 3.8) is 0 Å². The minimum atomic E-state index is -0.610. The zero-order chi connectivity index (χ0) is 14.0. The van der Waals surface area contributed by atoms with Gasteiger partial charge in [-0.15, -0.1) is 0 Å². The zero-order valence-electron chi connectivity index (χ0n) is 9.65. The first-order chi connectivity index (χ1) is 8.97. The molecule has 0 saturated carbocycles. The summed E-state index contributed by atoms with van der Waals surface area (Å²) < 4.78 is 13.2. The van der Waals surface area contributed by atoms with E-state index in [1.54, 1.807) is 0 Å². The highest BCUT2D eigenvalue weighted by Crippen LogP contribution is 2.24. The quantitative estimate of drug-likeness (QED) is 0.740. The fraction of sp³-hybridized carbons (Fsp3) is 0. The van der Waals surface area contributed by atoms with Crippen molar-refractivity contribution in [3.8, 4) is 5.75 Å². The predicted molar refractivity (Wildman–Crippen MR) is 71.9 cm³/mol. The molecular formula is C13H10ClFN2O2. The van der Waals surface area contributed by atoms with Gasteiger partial charge in [0, 0.05) is 11.3 Å². The Morgan fingerprint density at radius 3 is 2.63 bits per heavy atom. The lowest BCUT2D eigenvalue weighted by Crippen LogP contribution is -2.12. The summed E-state index contributed by atoms with van der Waals surface area (Å²) in [7, 11) is 0. The Bertz CT molecular complexity index is 647. The maximum atomic E-state index is 13.2. The van der Waals surface area contributed by atoms with Crippen molar-refractivity contribution >= 4 is 28.9 Å². The first kappa shape index (κ1) is 13.2. The van der Waals surface area contributed by atoms with Crippen LogP contribution >= 0.6 is 11.6 Å². The van der Waals surface area contributed by atoms with Gasteiger partial charge in [-0.1, -0.05) is 11.6 Å². The molecule has 2 rings (SSSR count). The SMILES string of the molecule is Nc1ccc(NC(=O)c2ccc(O)c(Cl)c2)cc1F. The molecule has 0 bridgehead atoms. The number of carbonyl (C=O) groups is 1. The van der Waals surface area contributed by atoms with E-state index in [0.717, 1.165) is 6.07 Å². The molecule has 0 fully saturated rings. The summed E-state index contributed by atoms with van der Waals surface area (Å²) in [4.78, 5) is 11.9. The number of amides is 1. The predicted octanol–water partition coefficient (Wildman–Crippen LogP) is 3.02. The monoisotopic (exact) mass is 280 g/mol. The number of halogens is 2. The molecule has 1 amide bonds. The lowest BCUT2D eigenvalue weighted by atomic mass is 10.2. The van der Waals surface area contributed by atoms with Gasteiger partial charge in [0.15, 0.2) is 0 Å². The molecule has 0 aromatic heterocycles. The first-order valence-corrected chi connectivity index (χ1v) is 5.70. The maximum Gasteiger partial charge on any atom is 0.255 e. The number of benzene rings is 2. The molecule has 0 aliphatic heterocycles. The Hall–Kier alpha value is -2.27. The van der Waals surface area contributed by atoms with E-state index in [1.807, 2.05) is 0 Å². The van der Waals surface area contributed by atoms with E-state index in [2.05, 4.69) is 5.32 Å². The lowest BCUT2D eigenvalue weighted by Gasteiger charge is -2.07. The van der Waals surface area contributed by atoms with Gasteiger partial charge in [0.05, 0.1) is 10.7 Å². The van der Waals surface area contributed by atoms with Gasteiger partial charge in [0.1, 0.15) is 11.6 Å². The van der Waals surface area contributed by atoms with Gasteiger partial charge in [-0.3, -0.25) is 4.79 Å². The highest BCUT2D eigenvalue weighted by atomic mass is 35.5.